The summed E-state index contributed by atoms with van der Waals surface area (Å²) in [5.74, 6) is -1.43. The monoisotopic (exact) mass is 528 g/mol. The molecule has 1 aliphatic rings. The maximum absolute atomic E-state index is 13.4. The number of carbonyl (C=O) groups excluding carboxylic acids is 2. The Bertz CT molecular complexity index is 1360. The fourth-order valence-corrected chi connectivity index (χ4v) is 4.87. The summed E-state index contributed by atoms with van der Waals surface area (Å²) in [6.07, 6.45) is 3.22. The Morgan fingerprint density at radius 1 is 1.03 bits per heavy atom. The van der Waals surface area contributed by atoms with Gasteiger partial charge in [-0.1, -0.05) is 41.4 Å². The summed E-state index contributed by atoms with van der Waals surface area (Å²) >= 11 is 12.7. The first kappa shape index (κ1) is 25.3. The van der Waals surface area contributed by atoms with Crippen LogP contribution < -0.4 is 14.2 Å². The van der Waals surface area contributed by atoms with E-state index in [1.807, 2.05) is 0 Å². The molecule has 3 aromatic rings. The number of aliphatic hydroxyl groups excluding tert-OH is 1. The Hall–Kier alpha value is -3.75. The number of aromatic nitrogens is 1. The number of nitrogens with zero attached hydrogens (tertiary/aromatic N) is 2. The number of Topliss-reactive ketones (excluding diaryl/α,β-unsaturated/α-hetero) is 1. The van der Waals surface area contributed by atoms with E-state index in [2.05, 4.69) is 4.98 Å². The zero-order chi connectivity index (χ0) is 26.0. The van der Waals surface area contributed by atoms with E-state index in [0.717, 1.165) is 0 Å². The molecular formula is C26H22Cl2N2O6. The minimum atomic E-state index is -0.940. The van der Waals surface area contributed by atoms with E-state index in [-0.39, 0.29) is 39.2 Å². The van der Waals surface area contributed by atoms with Crippen LogP contribution in [0, 0.1) is 0 Å². The minimum absolute atomic E-state index is 0.0107. The maximum Gasteiger partial charge on any atom is 0.295 e. The molecule has 0 radical (unpaired) electrons. The van der Waals surface area contributed by atoms with E-state index < -0.39 is 23.5 Å². The number of carbonyl (C=O) groups is 2. The highest BCUT2D eigenvalue weighted by molar-refractivity contribution is 6.47. The average molecular weight is 529 g/mol. The number of halogens is 2. The number of methoxy groups -OCH3 is 3. The molecule has 186 valence electrons. The Labute approximate surface area is 217 Å². The van der Waals surface area contributed by atoms with Crippen molar-refractivity contribution in [2.24, 2.45) is 0 Å². The molecule has 36 heavy (non-hydrogen) atoms. The molecule has 1 fully saturated rings. The number of amides is 1. The number of rotatable bonds is 7. The SMILES string of the molecule is COc1cccc(C2/C(=C(\O)c3cc(Cl)c(OC)c(Cl)c3OC)C(=O)C(=O)N2Cc2cccnc2)c1. The average Bonchev–Trinajstić information content (AvgIpc) is 3.13. The van der Waals surface area contributed by atoms with Crippen molar-refractivity contribution < 1.29 is 28.9 Å². The van der Waals surface area contributed by atoms with Crippen LogP contribution in [0.2, 0.25) is 10.0 Å². The van der Waals surface area contributed by atoms with Gasteiger partial charge in [-0.15, -0.1) is 0 Å². The van der Waals surface area contributed by atoms with Crippen LogP contribution in [-0.4, -0.2) is 48.0 Å². The van der Waals surface area contributed by atoms with Crippen molar-refractivity contribution in [3.8, 4) is 17.2 Å². The number of pyridine rings is 1. The quantitative estimate of drug-likeness (QED) is 0.260. The third-order valence-corrected chi connectivity index (χ3v) is 6.44. The fourth-order valence-electron chi connectivity index (χ4n) is 4.18. The molecule has 1 aromatic heterocycles. The first-order valence-corrected chi connectivity index (χ1v) is 11.5. The van der Waals surface area contributed by atoms with Gasteiger partial charge >= 0.3 is 0 Å². The molecule has 10 heteroatoms. The van der Waals surface area contributed by atoms with Gasteiger partial charge in [-0.25, -0.2) is 0 Å². The molecule has 4 rings (SSSR count). The highest BCUT2D eigenvalue weighted by Crippen LogP contribution is 2.47. The Morgan fingerprint density at radius 3 is 2.42 bits per heavy atom. The molecule has 0 saturated carbocycles. The van der Waals surface area contributed by atoms with E-state index >= 15 is 0 Å². The lowest BCUT2D eigenvalue weighted by atomic mass is 9.94. The fraction of sp³-hybridized carbons (Fsp3) is 0.192. The van der Waals surface area contributed by atoms with Gasteiger partial charge in [-0.2, -0.15) is 0 Å². The largest absolute Gasteiger partial charge is 0.507 e. The Morgan fingerprint density at radius 2 is 1.78 bits per heavy atom. The summed E-state index contributed by atoms with van der Waals surface area (Å²) in [6.45, 7) is 0.0817. The van der Waals surface area contributed by atoms with Gasteiger partial charge < -0.3 is 24.2 Å². The van der Waals surface area contributed by atoms with Gasteiger partial charge in [0, 0.05) is 18.9 Å². The van der Waals surface area contributed by atoms with Crippen molar-refractivity contribution in [1.29, 1.82) is 0 Å². The van der Waals surface area contributed by atoms with Crippen molar-refractivity contribution in [1.82, 2.24) is 9.88 Å². The third-order valence-electron chi connectivity index (χ3n) is 5.82. The van der Waals surface area contributed by atoms with Gasteiger partial charge in [0.25, 0.3) is 11.7 Å². The van der Waals surface area contributed by atoms with E-state index in [4.69, 9.17) is 37.4 Å². The molecule has 1 atom stereocenters. The van der Waals surface area contributed by atoms with Crippen molar-refractivity contribution in [3.05, 3.63) is 87.2 Å². The van der Waals surface area contributed by atoms with Crippen LogP contribution in [0.25, 0.3) is 5.76 Å². The molecule has 0 spiro atoms. The number of aliphatic hydroxyl groups is 1. The van der Waals surface area contributed by atoms with Gasteiger partial charge in [0.05, 0.1) is 43.5 Å². The summed E-state index contributed by atoms with van der Waals surface area (Å²) in [5, 5.41) is 11.6. The molecule has 2 heterocycles. The first-order valence-electron chi connectivity index (χ1n) is 10.7. The predicted octanol–water partition coefficient (Wildman–Crippen LogP) is 5.04. The summed E-state index contributed by atoms with van der Waals surface area (Å²) < 4.78 is 16.0. The second-order valence-electron chi connectivity index (χ2n) is 7.85. The lowest BCUT2D eigenvalue weighted by molar-refractivity contribution is -0.140. The van der Waals surface area contributed by atoms with E-state index in [9.17, 15) is 14.7 Å². The summed E-state index contributed by atoms with van der Waals surface area (Å²) in [6, 6.07) is 10.9. The Balaban J connectivity index is 1.96. The second kappa shape index (κ2) is 10.5. The molecule has 1 aliphatic heterocycles. The van der Waals surface area contributed by atoms with Crippen LogP contribution in [-0.2, 0) is 16.1 Å². The second-order valence-corrected chi connectivity index (χ2v) is 8.64. The number of ketones is 1. The van der Waals surface area contributed by atoms with Crippen LogP contribution in [0.1, 0.15) is 22.7 Å². The smallest absolute Gasteiger partial charge is 0.295 e. The topological polar surface area (TPSA) is 98.2 Å². The van der Waals surface area contributed by atoms with Gasteiger partial charge in [-0.05, 0) is 35.4 Å². The van der Waals surface area contributed by atoms with Gasteiger partial charge in [-0.3, -0.25) is 14.6 Å². The lowest BCUT2D eigenvalue weighted by Crippen LogP contribution is -2.29. The van der Waals surface area contributed by atoms with E-state index in [1.54, 1.807) is 48.8 Å². The van der Waals surface area contributed by atoms with Crippen molar-refractivity contribution in [2.45, 2.75) is 12.6 Å². The number of hydrogen-bond acceptors (Lipinski definition) is 7. The van der Waals surface area contributed by atoms with Crippen LogP contribution in [0.3, 0.4) is 0 Å². The van der Waals surface area contributed by atoms with Crippen LogP contribution >= 0.6 is 23.2 Å². The van der Waals surface area contributed by atoms with Crippen LogP contribution in [0.5, 0.6) is 17.2 Å². The van der Waals surface area contributed by atoms with Crippen molar-refractivity contribution >= 4 is 40.7 Å². The molecule has 8 nitrogen and oxygen atoms in total. The predicted molar refractivity (Wildman–Crippen MR) is 135 cm³/mol. The maximum atomic E-state index is 13.4. The molecule has 1 saturated heterocycles. The minimum Gasteiger partial charge on any atom is -0.507 e. The normalized spacial score (nSPS) is 16.8. The highest BCUT2D eigenvalue weighted by Gasteiger charge is 2.46. The van der Waals surface area contributed by atoms with Crippen molar-refractivity contribution in [2.75, 3.05) is 21.3 Å². The molecule has 1 N–H and O–H groups in total. The van der Waals surface area contributed by atoms with Crippen LogP contribution in [0.15, 0.2) is 60.4 Å². The van der Waals surface area contributed by atoms with Crippen molar-refractivity contribution in [3.63, 3.8) is 0 Å². The molecular weight excluding hydrogens is 507 g/mol. The number of benzene rings is 2. The lowest BCUT2D eigenvalue weighted by Gasteiger charge is -2.26. The molecule has 1 unspecified atom stereocenters. The summed E-state index contributed by atoms with van der Waals surface area (Å²) in [7, 11) is 4.25. The molecule has 0 bridgehead atoms. The molecule has 2 aromatic carbocycles. The van der Waals surface area contributed by atoms with Crippen LogP contribution in [0.4, 0.5) is 0 Å². The molecule has 1 amide bonds. The zero-order valence-electron chi connectivity index (χ0n) is 19.6. The van der Waals surface area contributed by atoms with E-state index in [0.29, 0.717) is 16.9 Å². The standard InChI is InChI=1S/C26H22Cl2N2O6/c1-34-16-8-4-7-15(10-16)21-19(23(32)26(33)30(21)13-14-6-5-9-29-12-14)22(31)17-11-18(27)25(36-3)20(28)24(17)35-2/h4-12,21,31H,13H2,1-3H3/b22-19+. The number of likely N-dealkylation sites (tertiary alicyclic amines) is 1. The summed E-state index contributed by atoms with van der Waals surface area (Å²) in [4.78, 5) is 32.1. The number of hydrogen-bond donors (Lipinski definition) is 1. The van der Waals surface area contributed by atoms with Gasteiger partial charge in [0.15, 0.2) is 11.5 Å². The third kappa shape index (κ3) is 4.45. The van der Waals surface area contributed by atoms with Gasteiger partial charge in [0.2, 0.25) is 0 Å². The first-order chi connectivity index (χ1) is 17.3. The van der Waals surface area contributed by atoms with Gasteiger partial charge in [0.1, 0.15) is 16.5 Å². The highest BCUT2D eigenvalue weighted by atomic mass is 35.5. The number of ether oxygens (including phenoxy) is 3. The zero-order valence-corrected chi connectivity index (χ0v) is 21.1. The molecule has 0 aliphatic carbocycles. The Kier molecular flexibility index (Phi) is 7.37. The summed E-state index contributed by atoms with van der Waals surface area (Å²) in [5.41, 5.74) is 1.16. The van der Waals surface area contributed by atoms with E-state index in [1.165, 1.54) is 32.3 Å².